The van der Waals surface area contributed by atoms with Crippen LogP contribution in [0.3, 0.4) is 0 Å². The molecule has 0 aromatic carbocycles. The Kier molecular flexibility index (Phi) is 0.866. The topological polar surface area (TPSA) is 15.3 Å². The summed E-state index contributed by atoms with van der Waals surface area (Å²) in [5.41, 5.74) is 0. The maximum atomic E-state index is 3.44. The van der Waals surface area contributed by atoms with Crippen molar-refractivity contribution in [3.8, 4) is 0 Å². The Morgan fingerprint density at radius 2 is 2.50 bits per heavy atom. The van der Waals surface area contributed by atoms with Gasteiger partial charge in [-0.25, -0.2) is 0 Å². The fourth-order valence-corrected chi connectivity index (χ4v) is 1.66. The molecule has 3 heterocycles. The lowest BCUT2D eigenvalue weighted by Crippen LogP contribution is -2.47. The molecule has 3 saturated heterocycles. The molecule has 3 aliphatic heterocycles. The first-order chi connectivity index (χ1) is 3.90. The normalized spacial score (nSPS) is 44.6. The summed E-state index contributed by atoms with van der Waals surface area (Å²) in [5.74, 6) is 0. The second kappa shape index (κ2) is 1.45. The molecule has 3 aliphatic rings. The molecule has 0 spiro atoms. The third kappa shape index (κ3) is 0.446. The van der Waals surface area contributed by atoms with Crippen molar-refractivity contribution in [2.45, 2.75) is 25.6 Å². The maximum Gasteiger partial charge on any atom is 0.0615 e. The van der Waals surface area contributed by atoms with E-state index in [1.807, 2.05) is 0 Å². The van der Waals surface area contributed by atoms with Crippen LogP contribution in [0.1, 0.15) is 13.3 Å². The number of likely N-dealkylation sites (N-methyl/N-ethyl adjacent to an activating group) is 1. The highest BCUT2D eigenvalue weighted by molar-refractivity contribution is 4.98. The van der Waals surface area contributed by atoms with Gasteiger partial charge < -0.3 is 0 Å². The fourth-order valence-electron chi connectivity index (χ4n) is 1.66. The van der Waals surface area contributed by atoms with Crippen LogP contribution in [0.5, 0.6) is 0 Å². The molecule has 0 aromatic heterocycles. The molecule has 3 rings (SSSR count). The molecule has 2 unspecified atom stereocenters. The first-order valence-electron chi connectivity index (χ1n) is 3.40. The summed E-state index contributed by atoms with van der Waals surface area (Å²) in [7, 11) is 0. The molecule has 0 aromatic rings. The second-order valence-corrected chi connectivity index (χ2v) is 2.70. The molecule has 2 atom stereocenters. The summed E-state index contributed by atoms with van der Waals surface area (Å²) in [6.45, 7) is 4.73. The SMILES string of the molecule is CCN1CC2CC1N2. The number of fused-ring (bicyclic) bond motifs is 1. The Labute approximate surface area is 49.9 Å². The number of rotatable bonds is 1. The van der Waals surface area contributed by atoms with E-state index < -0.39 is 0 Å². The quantitative estimate of drug-likeness (QED) is 0.514. The van der Waals surface area contributed by atoms with Gasteiger partial charge in [-0.05, 0) is 13.0 Å². The molecule has 3 fully saturated rings. The fraction of sp³-hybridized carbons (Fsp3) is 1.00. The summed E-state index contributed by atoms with van der Waals surface area (Å²) in [6.07, 6.45) is 2.15. The van der Waals surface area contributed by atoms with Crippen molar-refractivity contribution in [2.24, 2.45) is 0 Å². The minimum Gasteiger partial charge on any atom is -0.297 e. The Balaban J connectivity index is 2.00. The molecular formula is C6H12N2. The van der Waals surface area contributed by atoms with Crippen molar-refractivity contribution < 1.29 is 0 Å². The zero-order chi connectivity index (χ0) is 5.56. The van der Waals surface area contributed by atoms with E-state index in [1.54, 1.807) is 0 Å². The molecular weight excluding hydrogens is 100 g/mol. The van der Waals surface area contributed by atoms with Crippen LogP contribution in [-0.4, -0.2) is 30.2 Å². The van der Waals surface area contributed by atoms with E-state index in [1.165, 1.54) is 19.5 Å². The van der Waals surface area contributed by atoms with Gasteiger partial charge in [0.2, 0.25) is 0 Å². The van der Waals surface area contributed by atoms with Crippen molar-refractivity contribution in [1.29, 1.82) is 0 Å². The van der Waals surface area contributed by atoms with Crippen LogP contribution in [0.4, 0.5) is 0 Å². The van der Waals surface area contributed by atoms with Crippen molar-refractivity contribution in [1.82, 2.24) is 10.2 Å². The third-order valence-corrected chi connectivity index (χ3v) is 2.24. The van der Waals surface area contributed by atoms with Crippen LogP contribution in [0.15, 0.2) is 0 Å². The van der Waals surface area contributed by atoms with Gasteiger partial charge in [-0.2, -0.15) is 0 Å². The second-order valence-electron chi connectivity index (χ2n) is 2.70. The largest absolute Gasteiger partial charge is 0.297 e. The molecule has 0 radical (unpaired) electrons. The number of hydrogen-bond acceptors (Lipinski definition) is 2. The molecule has 2 heteroatoms. The average molecular weight is 112 g/mol. The zero-order valence-electron chi connectivity index (χ0n) is 5.22. The molecule has 0 saturated carbocycles. The van der Waals surface area contributed by atoms with E-state index in [0.717, 1.165) is 12.2 Å². The van der Waals surface area contributed by atoms with Crippen molar-refractivity contribution in [3.63, 3.8) is 0 Å². The number of nitrogens with one attached hydrogen (secondary N) is 1. The van der Waals surface area contributed by atoms with Gasteiger partial charge in [0.1, 0.15) is 0 Å². The van der Waals surface area contributed by atoms with Gasteiger partial charge in [-0.15, -0.1) is 0 Å². The highest BCUT2D eigenvalue weighted by Crippen LogP contribution is 2.24. The smallest absolute Gasteiger partial charge is 0.0615 e. The van der Waals surface area contributed by atoms with E-state index >= 15 is 0 Å². The minimum absolute atomic E-state index is 0.755. The van der Waals surface area contributed by atoms with E-state index in [2.05, 4.69) is 17.1 Å². The molecule has 2 bridgehead atoms. The molecule has 0 aliphatic carbocycles. The molecule has 8 heavy (non-hydrogen) atoms. The maximum absolute atomic E-state index is 3.44. The molecule has 2 nitrogen and oxygen atoms in total. The number of nitrogens with zero attached hydrogens (tertiary/aromatic N) is 1. The summed E-state index contributed by atoms with van der Waals surface area (Å²) in [6, 6.07) is 0.847. The minimum atomic E-state index is 0.755. The molecule has 46 valence electrons. The summed E-state index contributed by atoms with van der Waals surface area (Å²) < 4.78 is 0. The van der Waals surface area contributed by atoms with Gasteiger partial charge in [-0.3, -0.25) is 10.2 Å². The van der Waals surface area contributed by atoms with Gasteiger partial charge in [0.25, 0.3) is 0 Å². The lowest BCUT2D eigenvalue weighted by molar-refractivity contribution is 0.231. The Bertz CT molecular complexity index is 96.7. The van der Waals surface area contributed by atoms with Gasteiger partial charge in [-0.1, -0.05) is 6.92 Å². The monoisotopic (exact) mass is 112 g/mol. The summed E-state index contributed by atoms with van der Waals surface area (Å²) in [5, 5.41) is 3.44. The predicted octanol–water partition coefficient (Wildman–Crippen LogP) is 0.00990. The van der Waals surface area contributed by atoms with Crippen molar-refractivity contribution in [3.05, 3.63) is 0 Å². The Morgan fingerprint density at radius 3 is 2.75 bits per heavy atom. The van der Waals surface area contributed by atoms with E-state index in [-0.39, 0.29) is 0 Å². The van der Waals surface area contributed by atoms with E-state index in [9.17, 15) is 0 Å². The summed E-state index contributed by atoms with van der Waals surface area (Å²) >= 11 is 0. The van der Waals surface area contributed by atoms with Crippen LogP contribution >= 0.6 is 0 Å². The van der Waals surface area contributed by atoms with Crippen LogP contribution in [0.25, 0.3) is 0 Å². The lowest BCUT2D eigenvalue weighted by atomic mass is 10.1. The standard InChI is InChI=1S/C6H12N2/c1-2-8-4-5-3-6(8)7-5/h5-7H,2-4H2,1H3. The van der Waals surface area contributed by atoms with Crippen molar-refractivity contribution >= 4 is 0 Å². The van der Waals surface area contributed by atoms with E-state index in [0.29, 0.717) is 0 Å². The predicted molar refractivity (Wildman–Crippen MR) is 32.6 cm³/mol. The van der Waals surface area contributed by atoms with Crippen molar-refractivity contribution in [2.75, 3.05) is 13.1 Å². The molecule has 1 N–H and O–H groups in total. The Morgan fingerprint density at radius 1 is 1.75 bits per heavy atom. The zero-order valence-corrected chi connectivity index (χ0v) is 5.22. The van der Waals surface area contributed by atoms with Gasteiger partial charge >= 0.3 is 0 Å². The van der Waals surface area contributed by atoms with Crippen LogP contribution in [0, 0.1) is 0 Å². The summed E-state index contributed by atoms with van der Waals surface area (Å²) in [4.78, 5) is 2.49. The van der Waals surface area contributed by atoms with Gasteiger partial charge in [0.15, 0.2) is 0 Å². The van der Waals surface area contributed by atoms with Crippen LogP contribution in [0.2, 0.25) is 0 Å². The van der Waals surface area contributed by atoms with E-state index in [4.69, 9.17) is 0 Å². The number of hydrogen-bond donors (Lipinski definition) is 1. The first kappa shape index (κ1) is 4.77. The third-order valence-electron chi connectivity index (χ3n) is 2.24. The van der Waals surface area contributed by atoms with Crippen LogP contribution < -0.4 is 5.32 Å². The Hall–Kier alpha value is -0.0800. The highest BCUT2D eigenvalue weighted by atomic mass is 15.4. The first-order valence-corrected chi connectivity index (χ1v) is 3.40. The molecule has 0 amide bonds. The van der Waals surface area contributed by atoms with Gasteiger partial charge in [0.05, 0.1) is 6.17 Å². The van der Waals surface area contributed by atoms with Crippen LogP contribution in [-0.2, 0) is 0 Å². The lowest BCUT2D eigenvalue weighted by Gasteiger charge is -2.26. The average Bonchev–Trinajstić information content (AvgIpc) is 2.15. The van der Waals surface area contributed by atoms with Gasteiger partial charge in [0, 0.05) is 12.6 Å². The highest BCUT2D eigenvalue weighted by Gasteiger charge is 2.40.